The second-order valence-corrected chi connectivity index (χ2v) is 7.47. The highest BCUT2D eigenvalue weighted by Gasteiger charge is 2.23. The number of carbonyl (C=O) groups excluding carboxylic acids is 1. The third kappa shape index (κ3) is 4.72. The Balaban J connectivity index is 1.70. The van der Waals surface area contributed by atoms with Crippen LogP contribution in [0.4, 0.5) is 0 Å². The molecule has 7 heteroatoms. The Kier molecular flexibility index (Phi) is 6.52. The Morgan fingerprint density at radius 2 is 1.68 bits per heavy atom. The second-order valence-electron chi connectivity index (χ2n) is 7.47. The topological polar surface area (TPSA) is 76.8 Å². The summed E-state index contributed by atoms with van der Waals surface area (Å²) in [5.74, 6) is 2.09. The maximum absolute atomic E-state index is 13.1. The number of ether oxygens (including phenoxy) is 2. The molecule has 31 heavy (non-hydrogen) atoms. The van der Waals surface area contributed by atoms with Crippen LogP contribution in [-0.2, 0) is 0 Å². The summed E-state index contributed by atoms with van der Waals surface area (Å²) in [5, 5.41) is 8.94. The van der Waals surface area contributed by atoms with E-state index in [4.69, 9.17) is 19.6 Å². The lowest BCUT2D eigenvalue weighted by Gasteiger charge is -2.25. The van der Waals surface area contributed by atoms with Crippen molar-refractivity contribution in [3.63, 3.8) is 0 Å². The number of aliphatic hydroxyl groups excluding tert-OH is 1. The summed E-state index contributed by atoms with van der Waals surface area (Å²) >= 11 is 0. The molecule has 0 bridgehead atoms. The van der Waals surface area contributed by atoms with E-state index < -0.39 is 0 Å². The fourth-order valence-corrected chi connectivity index (χ4v) is 3.75. The number of amides is 1. The van der Waals surface area contributed by atoms with Crippen molar-refractivity contribution in [2.45, 2.75) is 19.3 Å². The van der Waals surface area contributed by atoms with Crippen LogP contribution in [0.15, 0.2) is 54.7 Å². The number of aliphatic hydroxyl groups is 1. The highest BCUT2D eigenvalue weighted by molar-refractivity contribution is 5.93. The quantitative estimate of drug-likeness (QED) is 0.631. The number of benzene rings is 2. The van der Waals surface area contributed by atoms with E-state index in [0.717, 1.165) is 42.9 Å². The zero-order valence-electron chi connectivity index (χ0n) is 17.7. The van der Waals surface area contributed by atoms with Crippen LogP contribution >= 0.6 is 0 Å². The molecule has 0 saturated carbocycles. The van der Waals surface area contributed by atoms with Gasteiger partial charge >= 0.3 is 0 Å². The van der Waals surface area contributed by atoms with Gasteiger partial charge in [0.2, 0.25) is 0 Å². The molecular formula is C24H27N3O4. The van der Waals surface area contributed by atoms with E-state index in [1.807, 2.05) is 58.0 Å². The molecule has 1 N–H and O–H groups in total. The summed E-state index contributed by atoms with van der Waals surface area (Å²) in [5.41, 5.74) is 2.19. The first-order valence-corrected chi connectivity index (χ1v) is 10.6. The van der Waals surface area contributed by atoms with Gasteiger partial charge in [0.25, 0.3) is 5.91 Å². The smallest absolute Gasteiger partial charge is 0.274 e. The van der Waals surface area contributed by atoms with Crippen LogP contribution in [0.1, 0.15) is 29.8 Å². The number of aromatic nitrogens is 2. The number of likely N-dealkylation sites (tertiary alicyclic amines) is 1. The fourth-order valence-electron chi connectivity index (χ4n) is 3.75. The van der Waals surface area contributed by atoms with Gasteiger partial charge in [-0.05, 0) is 67.8 Å². The molecule has 0 radical (unpaired) electrons. The molecule has 162 valence electrons. The van der Waals surface area contributed by atoms with Crippen molar-refractivity contribution in [1.82, 2.24) is 14.5 Å². The average Bonchev–Trinajstić information content (AvgIpc) is 3.28. The molecule has 7 nitrogen and oxygen atoms in total. The molecule has 1 saturated heterocycles. The van der Waals surface area contributed by atoms with E-state index in [0.29, 0.717) is 17.3 Å². The van der Waals surface area contributed by atoms with Crippen LogP contribution in [0.5, 0.6) is 11.5 Å². The molecule has 1 fully saturated rings. The van der Waals surface area contributed by atoms with Crippen molar-refractivity contribution in [1.29, 1.82) is 0 Å². The number of imidazole rings is 1. The summed E-state index contributed by atoms with van der Waals surface area (Å²) in [6, 6.07) is 15.1. The molecule has 2 aromatic carbocycles. The summed E-state index contributed by atoms with van der Waals surface area (Å²) in [7, 11) is 1.63. The van der Waals surface area contributed by atoms with Gasteiger partial charge in [-0.3, -0.25) is 9.36 Å². The standard InChI is InChI=1S/C24H27N3O4/c1-30-20-9-5-18(6-10-20)23-25-22(24(29)26-13-3-2-4-14-26)17-27(23)19-7-11-21(12-8-19)31-16-15-28/h5-12,17,28H,2-4,13-16H2,1H3. The predicted molar refractivity (Wildman–Crippen MR) is 118 cm³/mol. The van der Waals surface area contributed by atoms with Crippen LogP contribution in [-0.4, -0.2) is 58.9 Å². The van der Waals surface area contributed by atoms with Crippen molar-refractivity contribution in [2.75, 3.05) is 33.4 Å². The van der Waals surface area contributed by atoms with Crippen LogP contribution in [0.3, 0.4) is 0 Å². The minimum Gasteiger partial charge on any atom is -0.497 e. The van der Waals surface area contributed by atoms with Crippen LogP contribution < -0.4 is 9.47 Å². The van der Waals surface area contributed by atoms with Gasteiger partial charge in [0.15, 0.2) is 0 Å². The molecule has 0 atom stereocenters. The Morgan fingerprint density at radius 3 is 2.32 bits per heavy atom. The number of nitrogens with zero attached hydrogens (tertiary/aromatic N) is 3. The van der Waals surface area contributed by atoms with E-state index in [9.17, 15) is 4.79 Å². The van der Waals surface area contributed by atoms with Gasteiger partial charge in [-0.2, -0.15) is 0 Å². The molecule has 1 aromatic heterocycles. The molecule has 1 aliphatic rings. The van der Waals surface area contributed by atoms with Crippen molar-refractivity contribution in [3.8, 4) is 28.6 Å². The van der Waals surface area contributed by atoms with Gasteiger partial charge in [-0.25, -0.2) is 4.98 Å². The molecule has 0 unspecified atom stereocenters. The van der Waals surface area contributed by atoms with Gasteiger partial charge in [0, 0.05) is 30.5 Å². The highest BCUT2D eigenvalue weighted by Crippen LogP contribution is 2.27. The van der Waals surface area contributed by atoms with E-state index in [-0.39, 0.29) is 19.1 Å². The van der Waals surface area contributed by atoms with Crippen molar-refractivity contribution in [2.24, 2.45) is 0 Å². The molecule has 2 heterocycles. The third-order valence-corrected chi connectivity index (χ3v) is 5.39. The molecule has 0 aliphatic carbocycles. The molecule has 4 rings (SSSR count). The lowest BCUT2D eigenvalue weighted by atomic mass is 10.1. The van der Waals surface area contributed by atoms with E-state index in [2.05, 4.69) is 0 Å². The number of rotatable bonds is 7. The number of hydrogen-bond acceptors (Lipinski definition) is 5. The van der Waals surface area contributed by atoms with Gasteiger partial charge in [0.05, 0.1) is 13.7 Å². The maximum atomic E-state index is 13.1. The highest BCUT2D eigenvalue weighted by atomic mass is 16.5. The molecular weight excluding hydrogens is 394 g/mol. The first kappa shape index (κ1) is 20.9. The monoisotopic (exact) mass is 421 g/mol. The van der Waals surface area contributed by atoms with E-state index >= 15 is 0 Å². The zero-order chi connectivity index (χ0) is 21.6. The first-order valence-electron chi connectivity index (χ1n) is 10.6. The normalized spacial score (nSPS) is 13.8. The van der Waals surface area contributed by atoms with E-state index in [1.54, 1.807) is 13.3 Å². The Morgan fingerprint density at radius 1 is 1.00 bits per heavy atom. The van der Waals surface area contributed by atoms with E-state index in [1.165, 1.54) is 6.42 Å². The fraction of sp³-hybridized carbons (Fsp3) is 0.333. The summed E-state index contributed by atoms with van der Waals surface area (Å²) in [6.07, 6.45) is 5.04. The number of hydrogen-bond donors (Lipinski definition) is 1. The molecule has 0 spiro atoms. The molecule has 1 amide bonds. The van der Waals surface area contributed by atoms with Crippen LogP contribution in [0.2, 0.25) is 0 Å². The molecule has 1 aliphatic heterocycles. The van der Waals surface area contributed by atoms with Crippen molar-refractivity contribution >= 4 is 5.91 Å². The SMILES string of the molecule is COc1ccc(-c2nc(C(=O)N3CCCCC3)cn2-c2ccc(OCCO)cc2)cc1. The van der Waals surface area contributed by atoms with Crippen molar-refractivity contribution < 1.29 is 19.4 Å². The summed E-state index contributed by atoms with van der Waals surface area (Å²) < 4.78 is 12.7. The first-order chi connectivity index (χ1) is 15.2. The lowest BCUT2D eigenvalue weighted by molar-refractivity contribution is 0.0719. The predicted octanol–water partition coefficient (Wildman–Crippen LogP) is 3.55. The summed E-state index contributed by atoms with van der Waals surface area (Å²) in [4.78, 5) is 19.7. The number of carbonyl (C=O) groups is 1. The Bertz CT molecular complexity index is 1010. The Labute approximate surface area is 181 Å². The van der Waals surface area contributed by atoms with Crippen molar-refractivity contribution in [3.05, 3.63) is 60.4 Å². The number of methoxy groups -OCH3 is 1. The zero-order valence-corrected chi connectivity index (χ0v) is 17.7. The van der Waals surface area contributed by atoms with Gasteiger partial charge in [-0.1, -0.05) is 0 Å². The third-order valence-electron chi connectivity index (χ3n) is 5.39. The van der Waals surface area contributed by atoms with Gasteiger partial charge in [0.1, 0.15) is 29.6 Å². The van der Waals surface area contributed by atoms with Gasteiger partial charge in [-0.15, -0.1) is 0 Å². The van der Waals surface area contributed by atoms with Gasteiger partial charge < -0.3 is 19.5 Å². The Hall–Kier alpha value is -3.32. The lowest BCUT2D eigenvalue weighted by Crippen LogP contribution is -2.35. The summed E-state index contributed by atoms with van der Waals surface area (Å²) in [6.45, 7) is 1.77. The van der Waals surface area contributed by atoms with Crippen LogP contribution in [0, 0.1) is 0 Å². The largest absolute Gasteiger partial charge is 0.497 e. The minimum atomic E-state index is -0.0349. The second kappa shape index (κ2) is 9.66. The average molecular weight is 421 g/mol. The maximum Gasteiger partial charge on any atom is 0.274 e. The minimum absolute atomic E-state index is 0.0314. The van der Waals surface area contributed by atoms with Crippen LogP contribution in [0.25, 0.3) is 17.1 Å². The number of piperidine rings is 1. The molecule has 3 aromatic rings.